The summed E-state index contributed by atoms with van der Waals surface area (Å²) in [6, 6.07) is 7.39. The lowest BCUT2D eigenvalue weighted by atomic mass is 9.93. The molecular formula is C18H29ClN2O3. The van der Waals surface area contributed by atoms with Gasteiger partial charge >= 0.3 is 0 Å². The Kier molecular flexibility index (Phi) is 9.76. The van der Waals surface area contributed by atoms with Gasteiger partial charge in [-0.2, -0.15) is 0 Å². The minimum atomic E-state index is 0. The first kappa shape index (κ1) is 20.7. The summed E-state index contributed by atoms with van der Waals surface area (Å²) in [5.74, 6) is 1.63. The van der Waals surface area contributed by atoms with Crippen molar-refractivity contribution < 1.29 is 14.3 Å². The molecule has 24 heavy (non-hydrogen) atoms. The molecule has 0 bridgehead atoms. The van der Waals surface area contributed by atoms with Crippen molar-refractivity contribution in [3.63, 3.8) is 0 Å². The standard InChI is InChI=1S/C18H28N2O3.ClH/c1-19-10-7-15-8-11-20(12-9-15)18(21)16-3-5-17(6-4-16)23-14-13-22-2;/h3-6,15,19H,7-14H2,1-2H3;1H. The van der Waals surface area contributed by atoms with Gasteiger partial charge in [0, 0.05) is 25.8 Å². The zero-order valence-electron chi connectivity index (χ0n) is 14.6. The number of methoxy groups -OCH3 is 1. The van der Waals surface area contributed by atoms with Crippen molar-refractivity contribution in [2.45, 2.75) is 19.3 Å². The molecule has 0 unspecified atom stereocenters. The molecule has 1 saturated heterocycles. The third-order valence-electron chi connectivity index (χ3n) is 4.36. The van der Waals surface area contributed by atoms with E-state index < -0.39 is 0 Å². The third-order valence-corrected chi connectivity index (χ3v) is 4.36. The first-order valence-corrected chi connectivity index (χ1v) is 8.40. The number of amides is 1. The number of piperidine rings is 1. The van der Waals surface area contributed by atoms with E-state index in [0.717, 1.165) is 49.7 Å². The number of likely N-dealkylation sites (tertiary alicyclic amines) is 1. The molecule has 1 aliphatic heterocycles. The van der Waals surface area contributed by atoms with E-state index in [-0.39, 0.29) is 18.3 Å². The van der Waals surface area contributed by atoms with E-state index >= 15 is 0 Å². The highest BCUT2D eigenvalue weighted by Gasteiger charge is 2.23. The fourth-order valence-corrected chi connectivity index (χ4v) is 2.89. The average Bonchev–Trinajstić information content (AvgIpc) is 2.61. The molecule has 1 fully saturated rings. The highest BCUT2D eigenvalue weighted by atomic mass is 35.5. The van der Waals surface area contributed by atoms with Crippen LogP contribution in [-0.2, 0) is 4.74 Å². The Morgan fingerprint density at radius 2 is 1.88 bits per heavy atom. The van der Waals surface area contributed by atoms with E-state index in [2.05, 4.69) is 5.32 Å². The minimum Gasteiger partial charge on any atom is -0.491 e. The highest BCUT2D eigenvalue weighted by molar-refractivity contribution is 5.94. The van der Waals surface area contributed by atoms with Crippen LogP contribution in [0.1, 0.15) is 29.6 Å². The number of hydrogen-bond donors (Lipinski definition) is 1. The maximum absolute atomic E-state index is 12.5. The summed E-state index contributed by atoms with van der Waals surface area (Å²) >= 11 is 0. The van der Waals surface area contributed by atoms with Crippen LogP contribution in [0.25, 0.3) is 0 Å². The number of hydrogen-bond acceptors (Lipinski definition) is 4. The predicted octanol–water partition coefficient (Wildman–Crippen LogP) is 2.60. The molecule has 1 aromatic carbocycles. The molecule has 1 aromatic rings. The van der Waals surface area contributed by atoms with Gasteiger partial charge in [0.15, 0.2) is 0 Å². The van der Waals surface area contributed by atoms with E-state index in [1.54, 1.807) is 7.11 Å². The summed E-state index contributed by atoms with van der Waals surface area (Å²) in [5.41, 5.74) is 0.734. The van der Waals surface area contributed by atoms with Crippen molar-refractivity contribution in [3.05, 3.63) is 29.8 Å². The first-order chi connectivity index (χ1) is 11.2. The lowest BCUT2D eigenvalue weighted by Crippen LogP contribution is -2.38. The van der Waals surface area contributed by atoms with Crippen LogP contribution in [0, 0.1) is 5.92 Å². The van der Waals surface area contributed by atoms with Gasteiger partial charge in [-0.3, -0.25) is 4.79 Å². The SMILES string of the molecule is CNCCC1CCN(C(=O)c2ccc(OCCOC)cc2)CC1.Cl. The molecule has 6 heteroatoms. The fourth-order valence-electron chi connectivity index (χ4n) is 2.89. The second-order valence-electron chi connectivity index (χ2n) is 5.99. The smallest absolute Gasteiger partial charge is 0.253 e. The summed E-state index contributed by atoms with van der Waals surface area (Å²) in [4.78, 5) is 14.5. The number of carbonyl (C=O) groups excluding carboxylic acids is 1. The zero-order chi connectivity index (χ0) is 16.5. The Labute approximate surface area is 151 Å². The monoisotopic (exact) mass is 356 g/mol. The Morgan fingerprint density at radius 3 is 2.46 bits per heavy atom. The van der Waals surface area contributed by atoms with Gasteiger partial charge in [0.25, 0.3) is 5.91 Å². The van der Waals surface area contributed by atoms with E-state index in [0.29, 0.717) is 13.2 Å². The van der Waals surface area contributed by atoms with E-state index in [9.17, 15) is 4.79 Å². The highest BCUT2D eigenvalue weighted by Crippen LogP contribution is 2.22. The number of halogens is 1. The van der Waals surface area contributed by atoms with Crippen molar-refractivity contribution in [3.8, 4) is 5.75 Å². The quantitative estimate of drug-likeness (QED) is 0.727. The molecule has 0 radical (unpaired) electrons. The van der Waals surface area contributed by atoms with E-state index in [4.69, 9.17) is 9.47 Å². The van der Waals surface area contributed by atoms with E-state index in [1.165, 1.54) is 6.42 Å². The van der Waals surface area contributed by atoms with Crippen molar-refractivity contribution >= 4 is 18.3 Å². The molecule has 1 heterocycles. The number of benzene rings is 1. The van der Waals surface area contributed by atoms with Gasteiger partial charge in [0.05, 0.1) is 6.61 Å². The molecule has 0 aromatic heterocycles. The van der Waals surface area contributed by atoms with Gasteiger partial charge in [-0.05, 0) is 63.0 Å². The molecular weight excluding hydrogens is 328 g/mol. The van der Waals surface area contributed by atoms with Gasteiger partial charge in [-0.15, -0.1) is 12.4 Å². The molecule has 1 amide bonds. The van der Waals surface area contributed by atoms with Gasteiger partial charge in [-0.1, -0.05) is 0 Å². The Bertz CT molecular complexity index is 474. The molecule has 1 N–H and O–H groups in total. The largest absolute Gasteiger partial charge is 0.491 e. The summed E-state index contributed by atoms with van der Waals surface area (Å²) in [5, 5.41) is 3.20. The number of rotatable bonds is 8. The number of ether oxygens (including phenoxy) is 2. The Morgan fingerprint density at radius 1 is 1.21 bits per heavy atom. The molecule has 0 saturated carbocycles. The van der Waals surface area contributed by atoms with Crippen LogP contribution in [0.2, 0.25) is 0 Å². The van der Waals surface area contributed by atoms with Crippen LogP contribution >= 0.6 is 12.4 Å². The van der Waals surface area contributed by atoms with Crippen molar-refractivity contribution in [2.24, 2.45) is 5.92 Å². The fraction of sp³-hybridized carbons (Fsp3) is 0.611. The Balaban J connectivity index is 0.00000288. The Hall–Kier alpha value is -1.30. The average molecular weight is 357 g/mol. The predicted molar refractivity (Wildman–Crippen MR) is 98.2 cm³/mol. The summed E-state index contributed by atoms with van der Waals surface area (Å²) in [6.07, 6.45) is 3.41. The summed E-state index contributed by atoms with van der Waals surface area (Å²) in [6.45, 7) is 3.86. The normalized spacial score (nSPS) is 15.0. The zero-order valence-corrected chi connectivity index (χ0v) is 15.4. The maximum Gasteiger partial charge on any atom is 0.253 e. The lowest BCUT2D eigenvalue weighted by molar-refractivity contribution is 0.0687. The topological polar surface area (TPSA) is 50.8 Å². The van der Waals surface area contributed by atoms with Crippen molar-refractivity contribution in [2.75, 3.05) is 47.0 Å². The van der Waals surface area contributed by atoms with Gasteiger partial charge in [0.2, 0.25) is 0 Å². The van der Waals surface area contributed by atoms with Crippen LogP contribution in [-0.4, -0.2) is 57.8 Å². The molecule has 0 spiro atoms. The first-order valence-electron chi connectivity index (χ1n) is 8.40. The number of carbonyl (C=O) groups is 1. The van der Waals surface area contributed by atoms with Crippen LogP contribution in [0.5, 0.6) is 5.75 Å². The molecule has 1 aliphatic rings. The van der Waals surface area contributed by atoms with Gasteiger partial charge in [-0.25, -0.2) is 0 Å². The van der Waals surface area contributed by atoms with Crippen LogP contribution in [0.3, 0.4) is 0 Å². The van der Waals surface area contributed by atoms with E-state index in [1.807, 2.05) is 36.2 Å². The summed E-state index contributed by atoms with van der Waals surface area (Å²) in [7, 11) is 3.63. The second kappa shape index (κ2) is 11.3. The molecule has 5 nitrogen and oxygen atoms in total. The number of nitrogens with zero attached hydrogens (tertiary/aromatic N) is 1. The van der Waals surface area contributed by atoms with Crippen LogP contribution in [0.4, 0.5) is 0 Å². The lowest BCUT2D eigenvalue weighted by Gasteiger charge is -2.32. The maximum atomic E-state index is 12.5. The third kappa shape index (κ3) is 6.30. The molecule has 0 aliphatic carbocycles. The van der Waals surface area contributed by atoms with Crippen molar-refractivity contribution in [1.29, 1.82) is 0 Å². The van der Waals surface area contributed by atoms with Crippen LogP contribution < -0.4 is 10.1 Å². The molecule has 136 valence electrons. The van der Waals surface area contributed by atoms with Gasteiger partial charge in [0.1, 0.15) is 12.4 Å². The molecule has 2 rings (SSSR count). The summed E-state index contributed by atoms with van der Waals surface area (Å²) < 4.78 is 10.5. The second-order valence-corrected chi connectivity index (χ2v) is 5.99. The van der Waals surface area contributed by atoms with Gasteiger partial charge < -0.3 is 19.7 Å². The minimum absolute atomic E-state index is 0. The number of nitrogens with one attached hydrogen (secondary N) is 1. The van der Waals surface area contributed by atoms with Crippen LogP contribution in [0.15, 0.2) is 24.3 Å². The molecule has 0 atom stereocenters. The van der Waals surface area contributed by atoms with Crippen molar-refractivity contribution in [1.82, 2.24) is 10.2 Å².